The summed E-state index contributed by atoms with van der Waals surface area (Å²) in [7, 11) is 0. The van der Waals surface area contributed by atoms with E-state index in [4.69, 9.17) is 11.3 Å². The second kappa shape index (κ2) is 12.3. The molecule has 0 aliphatic carbocycles. The topological polar surface area (TPSA) is 51.8 Å². The van der Waals surface area contributed by atoms with E-state index in [1.165, 1.54) is 6.07 Å². The Kier molecular flexibility index (Phi) is 6.96. The van der Waals surface area contributed by atoms with E-state index in [0.717, 1.165) is 37.0 Å². The van der Waals surface area contributed by atoms with E-state index >= 15 is 0 Å². The van der Waals surface area contributed by atoms with Gasteiger partial charge in [-0.2, -0.15) is 0 Å². The first kappa shape index (κ1) is 23.8. The molecule has 0 spiro atoms. The minimum atomic E-state index is -2.32. The maximum absolute atomic E-state index is 8.78. The third-order valence-electron chi connectivity index (χ3n) is 6.46. The Bertz CT molecular complexity index is 2140. The largest absolute Gasteiger partial charge is 0.486 e. The van der Waals surface area contributed by atoms with E-state index in [0.29, 0.717) is 22.4 Å². The van der Waals surface area contributed by atoms with Crippen molar-refractivity contribution < 1.29 is 31.4 Å². The molecule has 4 nitrogen and oxygen atoms in total. The number of rotatable bonds is 3. The fraction of sp³-hybridized carbons (Fsp3) is 0.194. The molecule has 6 heteroatoms. The average Bonchev–Trinajstić information content (AvgIpc) is 3.57. The van der Waals surface area contributed by atoms with E-state index in [9.17, 15) is 0 Å². The summed E-state index contributed by atoms with van der Waals surface area (Å²) in [5.41, 5.74) is 4.22. The quantitative estimate of drug-likeness (QED) is 0.169. The van der Waals surface area contributed by atoms with Gasteiger partial charge in [0.1, 0.15) is 0 Å². The number of benzene rings is 2. The van der Waals surface area contributed by atoms with Crippen LogP contribution in [0.3, 0.4) is 0 Å². The smallest absolute Gasteiger partial charge is 0.216 e. The van der Waals surface area contributed by atoms with Gasteiger partial charge in [-0.1, -0.05) is 49.9 Å². The van der Waals surface area contributed by atoms with Gasteiger partial charge in [0.25, 0.3) is 0 Å². The van der Waals surface area contributed by atoms with Crippen LogP contribution in [-0.4, -0.2) is 15.0 Å². The van der Waals surface area contributed by atoms with Gasteiger partial charge >= 0.3 is 0 Å². The van der Waals surface area contributed by atoms with Gasteiger partial charge in [0.15, 0.2) is 0 Å². The molecule has 213 valence electrons. The first-order valence-corrected chi connectivity index (χ1v) is 14.1. The molecule has 5 aromatic heterocycles. The number of fused-ring (bicyclic) bond motifs is 4. The summed E-state index contributed by atoms with van der Waals surface area (Å²) in [6.07, 6.45) is 2.00. The molecule has 0 N–H and O–H groups in total. The Labute approximate surface area is 271 Å². The molecule has 0 unspecified atom stereocenters. The molecule has 0 saturated carbocycles. The zero-order chi connectivity index (χ0) is 32.9. The molecule has 0 saturated heterocycles. The molecule has 0 bridgehead atoms. The molecule has 7 aromatic rings. The van der Waals surface area contributed by atoms with Gasteiger partial charge in [0.05, 0.1) is 5.58 Å². The van der Waals surface area contributed by atoms with Crippen molar-refractivity contribution in [3.63, 3.8) is 0 Å². The Morgan fingerprint density at radius 3 is 2.52 bits per heavy atom. The van der Waals surface area contributed by atoms with E-state index in [-0.39, 0.29) is 31.5 Å². The molecule has 0 amide bonds. The van der Waals surface area contributed by atoms with Crippen LogP contribution in [0, 0.1) is 31.3 Å². The molecule has 1 radical (unpaired) electrons. The fourth-order valence-corrected chi connectivity index (χ4v) is 5.70. The minimum Gasteiger partial charge on any atom is -0.486 e. The van der Waals surface area contributed by atoms with E-state index < -0.39 is 18.6 Å². The third kappa shape index (κ3) is 6.22. The average molecular weight is 751 g/mol. The molecule has 7 rings (SSSR count). The zero-order valence-corrected chi connectivity index (χ0v) is 26.8. The van der Waals surface area contributed by atoms with Crippen LogP contribution in [0.2, 0.25) is 0 Å². The van der Waals surface area contributed by atoms with Crippen molar-refractivity contribution in [1.29, 1.82) is 0 Å². The Balaban J connectivity index is 0.000000280. The van der Waals surface area contributed by atoms with Gasteiger partial charge < -0.3 is 14.4 Å². The zero-order valence-electron chi connectivity index (χ0n) is 28.6. The van der Waals surface area contributed by atoms with Gasteiger partial charge in [-0.15, -0.1) is 65.4 Å². The molecular weight excluding hydrogens is 715 g/mol. The molecule has 0 aliphatic rings. The third-order valence-corrected chi connectivity index (χ3v) is 7.52. The number of furan rings is 1. The second-order valence-electron chi connectivity index (χ2n) is 10.7. The second-order valence-corrected chi connectivity index (χ2v) is 12.0. The SMILES string of the molecule is [2H]C([2H])([2H])c1ccc2c(n1)oc1c(-c3cc4sc(C)c(C([2H])([2H])C(C)(C)C)c4cn3)[c-]ccc12.[Ir].[c-]1ccccc1-c1ccccn1. The van der Waals surface area contributed by atoms with Crippen molar-refractivity contribution in [2.75, 3.05) is 0 Å². The first-order chi connectivity index (χ1) is 21.8. The summed E-state index contributed by atoms with van der Waals surface area (Å²) in [5, 5.41) is 2.35. The Hall–Kier alpha value is -3.70. The fourth-order valence-electron chi connectivity index (χ4n) is 4.67. The summed E-state index contributed by atoms with van der Waals surface area (Å²) in [6, 6.07) is 28.8. The van der Waals surface area contributed by atoms with E-state index in [1.54, 1.807) is 35.9 Å². The van der Waals surface area contributed by atoms with Gasteiger partial charge in [-0.25, -0.2) is 4.98 Å². The monoisotopic (exact) mass is 751 g/mol. The number of pyridine rings is 3. The summed E-state index contributed by atoms with van der Waals surface area (Å²) in [5.74, 6) is 0. The van der Waals surface area contributed by atoms with Crippen molar-refractivity contribution in [2.45, 2.75) is 40.9 Å². The van der Waals surface area contributed by atoms with Gasteiger partial charge in [0, 0.05) is 65.4 Å². The van der Waals surface area contributed by atoms with Gasteiger partial charge in [-0.3, -0.25) is 0 Å². The van der Waals surface area contributed by atoms with E-state index in [1.807, 2.05) is 82.3 Å². The summed E-state index contributed by atoms with van der Waals surface area (Å²) < 4.78 is 47.4. The van der Waals surface area contributed by atoms with Crippen molar-refractivity contribution in [3.8, 4) is 22.5 Å². The van der Waals surface area contributed by atoms with Crippen LogP contribution < -0.4 is 0 Å². The van der Waals surface area contributed by atoms with Crippen LogP contribution in [0.25, 0.3) is 54.7 Å². The molecule has 5 heterocycles. The van der Waals surface area contributed by atoms with Crippen LogP contribution in [0.4, 0.5) is 0 Å². The van der Waals surface area contributed by atoms with Crippen molar-refractivity contribution in [3.05, 3.63) is 113 Å². The van der Waals surface area contributed by atoms with Crippen molar-refractivity contribution >= 4 is 43.5 Å². The Morgan fingerprint density at radius 1 is 0.929 bits per heavy atom. The number of hydrogen-bond donors (Lipinski definition) is 0. The number of aromatic nitrogens is 3. The van der Waals surface area contributed by atoms with Gasteiger partial charge in [-0.05, 0) is 60.7 Å². The summed E-state index contributed by atoms with van der Waals surface area (Å²) in [6.45, 7) is 5.34. The molecule has 0 aliphatic heterocycles. The molecular formula is C36H31IrN3OS-2. The van der Waals surface area contributed by atoms with Crippen LogP contribution in [0.5, 0.6) is 0 Å². The number of aryl methyl sites for hydroxylation is 2. The van der Waals surface area contributed by atoms with Crippen molar-refractivity contribution in [2.24, 2.45) is 5.41 Å². The Morgan fingerprint density at radius 2 is 1.79 bits per heavy atom. The summed E-state index contributed by atoms with van der Waals surface area (Å²) in [4.78, 5) is 14.0. The van der Waals surface area contributed by atoms with Crippen LogP contribution in [0.15, 0.2) is 89.6 Å². The molecule has 2 aromatic carbocycles. The first-order valence-electron chi connectivity index (χ1n) is 15.8. The van der Waals surface area contributed by atoms with Crippen LogP contribution in [-0.2, 0) is 26.5 Å². The van der Waals surface area contributed by atoms with Crippen molar-refractivity contribution in [1.82, 2.24) is 15.0 Å². The maximum Gasteiger partial charge on any atom is 0.216 e. The van der Waals surface area contributed by atoms with Crippen LogP contribution >= 0.6 is 11.3 Å². The van der Waals surface area contributed by atoms with Crippen LogP contribution in [0.1, 0.15) is 43.8 Å². The number of hydrogen-bond acceptors (Lipinski definition) is 5. The molecule has 42 heavy (non-hydrogen) atoms. The molecule has 0 atom stereocenters. The molecule has 0 fully saturated rings. The predicted octanol–water partition coefficient (Wildman–Crippen LogP) is 9.81. The number of thiophene rings is 1. The predicted molar refractivity (Wildman–Crippen MR) is 170 cm³/mol. The number of nitrogens with zero attached hydrogens (tertiary/aromatic N) is 3. The summed E-state index contributed by atoms with van der Waals surface area (Å²) >= 11 is 1.55. The normalized spacial score (nSPS) is 13.8. The maximum atomic E-state index is 8.78. The minimum absolute atomic E-state index is 0. The standard InChI is InChI=1S/C25H23N2OS.C11H8N.Ir/c1-14-9-10-17-16-7-6-8-18(23(16)28-24(17)27-14)21-11-22-20(13-26-21)19(15(2)29-22)12-25(3,4)5;1-2-6-10(7-3-1)11-8-4-5-9-12-11;/h6-7,9-11,13H,12H2,1-5H3;1-6,8-9H;/q2*-1;/i1D3,12D2;;. The van der Waals surface area contributed by atoms with E-state index in [2.05, 4.69) is 27.1 Å². The van der Waals surface area contributed by atoms with Gasteiger partial charge in [0.2, 0.25) is 5.71 Å².